The molecule has 0 fully saturated rings. The van der Waals surface area contributed by atoms with Gasteiger partial charge in [0.1, 0.15) is 0 Å². The minimum atomic E-state index is 0.760. The molecule has 0 saturated heterocycles. The van der Waals surface area contributed by atoms with Gasteiger partial charge >= 0.3 is 0 Å². The highest BCUT2D eigenvalue weighted by Gasteiger charge is 2.10. The highest BCUT2D eigenvalue weighted by atomic mass is 35.5. The predicted octanol–water partition coefficient (Wildman–Crippen LogP) is 4.75. The van der Waals surface area contributed by atoms with Crippen molar-refractivity contribution < 1.29 is 0 Å². The number of nitrogens with zero attached hydrogens (tertiary/aromatic N) is 1. The van der Waals surface area contributed by atoms with Gasteiger partial charge in [-0.15, -0.1) is 0 Å². The molecular weight excluding hydrogens is 268 g/mol. The summed E-state index contributed by atoms with van der Waals surface area (Å²) in [5.74, 6) is 0. The van der Waals surface area contributed by atoms with E-state index < -0.39 is 0 Å². The smallest absolute Gasteiger partial charge is 0.0556 e. The predicted molar refractivity (Wildman–Crippen MR) is 86.4 cm³/mol. The molecule has 0 aliphatic heterocycles. The SMILES string of the molecule is Cc1c(CNc2ccc(Cl)cc2)n(C)c2ccccc12. The molecule has 2 nitrogen and oxygen atoms in total. The van der Waals surface area contributed by atoms with Crippen LogP contribution in [0.25, 0.3) is 10.9 Å². The highest BCUT2D eigenvalue weighted by molar-refractivity contribution is 6.30. The Morgan fingerprint density at radius 3 is 2.45 bits per heavy atom. The van der Waals surface area contributed by atoms with Crippen LogP contribution in [0.2, 0.25) is 5.02 Å². The van der Waals surface area contributed by atoms with Crippen molar-refractivity contribution >= 4 is 28.2 Å². The van der Waals surface area contributed by atoms with E-state index in [4.69, 9.17) is 11.6 Å². The molecule has 3 rings (SSSR count). The summed E-state index contributed by atoms with van der Waals surface area (Å²) in [6.07, 6.45) is 0. The molecule has 1 N–H and O–H groups in total. The molecule has 3 aromatic rings. The number of para-hydroxylation sites is 1. The van der Waals surface area contributed by atoms with Crippen LogP contribution in [0.4, 0.5) is 5.69 Å². The van der Waals surface area contributed by atoms with Crippen LogP contribution in [0.1, 0.15) is 11.3 Å². The molecule has 3 heteroatoms. The quantitative estimate of drug-likeness (QED) is 0.734. The summed E-state index contributed by atoms with van der Waals surface area (Å²) >= 11 is 5.90. The van der Waals surface area contributed by atoms with Gasteiger partial charge in [0, 0.05) is 34.4 Å². The average Bonchev–Trinajstić information content (AvgIpc) is 2.71. The van der Waals surface area contributed by atoms with E-state index in [1.807, 2.05) is 24.3 Å². The van der Waals surface area contributed by atoms with Crippen LogP contribution in [-0.4, -0.2) is 4.57 Å². The first kappa shape index (κ1) is 13.1. The van der Waals surface area contributed by atoms with Crippen molar-refractivity contribution in [3.63, 3.8) is 0 Å². The minimum absolute atomic E-state index is 0.760. The molecule has 0 saturated carbocycles. The molecule has 0 unspecified atom stereocenters. The van der Waals surface area contributed by atoms with Gasteiger partial charge in [-0.1, -0.05) is 29.8 Å². The van der Waals surface area contributed by atoms with Crippen LogP contribution in [0, 0.1) is 6.92 Å². The van der Waals surface area contributed by atoms with Crippen LogP contribution < -0.4 is 5.32 Å². The molecular formula is C17H17ClN2. The highest BCUT2D eigenvalue weighted by Crippen LogP contribution is 2.25. The third-order valence-corrected chi connectivity index (χ3v) is 4.06. The lowest BCUT2D eigenvalue weighted by atomic mass is 10.1. The topological polar surface area (TPSA) is 17.0 Å². The minimum Gasteiger partial charge on any atom is -0.379 e. The Hall–Kier alpha value is -1.93. The number of fused-ring (bicyclic) bond motifs is 1. The third-order valence-electron chi connectivity index (χ3n) is 3.81. The fraction of sp³-hybridized carbons (Fsp3) is 0.176. The maximum atomic E-state index is 5.90. The van der Waals surface area contributed by atoms with Gasteiger partial charge in [0.25, 0.3) is 0 Å². The van der Waals surface area contributed by atoms with E-state index in [0.717, 1.165) is 17.3 Å². The Kier molecular flexibility index (Phi) is 3.41. The molecule has 0 aliphatic rings. The number of aromatic nitrogens is 1. The van der Waals surface area contributed by atoms with E-state index in [9.17, 15) is 0 Å². The standard InChI is InChI=1S/C17H17ClN2/c1-12-15-5-3-4-6-16(15)20(2)17(12)11-19-14-9-7-13(18)8-10-14/h3-10,19H,11H2,1-2H3. The molecule has 1 aromatic heterocycles. The molecule has 2 aromatic carbocycles. The fourth-order valence-corrected chi connectivity index (χ4v) is 2.77. The van der Waals surface area contributed by atoms with Gasteiger partial charge in [0.2, 0.25) is 0 Å². The number of halogens is 1. The number of hydrogen-bond donors (Lipinski definition) is 1. The van der Waals surface area contributed by atoms with Crippen molar-refractivity contribution in [1.29, 1.82) is 0 Å². The van der Waals surface area contributed by atoms with E-state index in [1.165, 1.54) is 22.2 Å². The summed E-state index contributed by atoms with van der Waals surface area (Å²) in [5, 5.41) is 5.53. The normalized spacial score (nSPS) is 10.9. The van der Waals surface area contributed by atoms with Gasteiger partial charge in [0.15, 0.2) is 0 Å². The monoisotopic (exact) mass is 284 g/mol. The summed E-state index contributed by atoms with van der Waals surface area (Å²) in [6.45, 7) is 2.99. The Morgan fingerprint density at radius 1 is 1.05 bits per heavy atom. The summed E-state index contributed by atoms with van der Waals surface area (Å²) in [7, 11) is 2.12. The van der Waals surface area contributed by atoms with Gasteiger partial charge in [-0.3, -0.25) is 0 Å². The summed E-state index contributed by atoms with van der Waals surface area (Å²) in [6, 6.07) is 16.3. The summed E-state index contributed by atoms with van der Waals surface area (Å²) in [4.78, 5) is 0. The molecule has 0 amide bonds. The van der Waals surface area contributed by atoms with Crippen LogP contribution >= 0.6 is 11.6 Å². The molecule has 0 spiro atoms. The number of nitrogens with one attached hydrogen (secondary N) is 1. The zero-order valence-electron chi connectivity index (χ0n) is 11.7. The lowest BCUT2D eigenvalue weighted by Crippen LogP contribution is -2.05. The Balaban J connectivity index is 1.89. The molecule has 20 heavy (non-hydrogen) atoms. The van der Waals surface area contributed by atoms with Crippen molar-refractivity contribution in [1.82, 2.24) is 4.57 Å². The van der Waals surface area contributed by atoms with Crippen LogP contribution in [0.15, 0.2) is 48.5 Å². The van der Waals surface area contributed by atoms with Gasteiger partial charge in [0.05, 0.1) is 6.54 Å². The second-order valence-corrected chi connectivity index (χ2v) is 5.44. The van der Waals surface area contributed by atoms with E-state index in [0.29, 0.717) is 0 Å². The van der Waals surface area contributed by atoms with Crippen LogP contribution in [0.5, 0.6) is 0 Å². The third kappa shape index (κ3) is 2.27. The molecule has 1 heterocycles. The van der Waals surface area contributed by atoms with Crippen molar-refractivity contribution in [2.45, 2.75) is 13.5 Å². The first-order chi connectivity index (χ1) is 9.66. The van der Waals surface area contributed by atoms with Gasteiger partial charge in [-0.25, -0.2) is 0 Å². The first-order valence-corrected chi connectivity index (χ1v) is 7.07. The average molecular weight is 285 g/mol. The second-order valence-electron chi connectivity index (χ2n) is 5.01. The fourth-order valence-electron chi connectivity index (χ4n) is 2.64. The number of aryl methyl sites for hydroxylation is 2. The summed E-state index contributed by atoms with van der Waals surface area (Å²) < 4.78 is 2.26. The van der Waals surface area contributed by atoms with E-state index in [2.05, 4.69) is 48.1 Å². The first-order valence-electron chi connectivity index (χ1n) is 6.69. The lowest BCUT2D eigenvalue weighted by Gasteiger charge is -2.09. The largest absolute Gasteiger partial charge is 0.379 e. The molecule has 102 valence electrons. The number of benzene rings is 2. The zero-order chi connectivity index (χ0) is 14.1. The molecule has 0 aliphatic carbocycles. The maximum absolute atomic E-state index is 5.90. The van der Waals surface area contributed by atoms with Crippen LogP contribution in [0.3, 0.4) is 0 Å². The summed E-state index contributed by atoms with van der Waals surface area (Å²) in [5.41, 5.74) is 5.00. The molecule has 0 bridgehead atoms. The lowest BCUT2D eigenvalue weighted by molar-refractivity contribution is 0.862. The molecule has 0 radical (unpaired) electrons. The Morgan fingerprint density at radius 2 is 1.75 bits per heavy atom. The second kappa shape index (κ2) is 5.22. The van der Waals surface area contributed by atoms with Crippen molar-refractivity contribution in [3.05, 3.63) is 64.8 Å². The van der Waals surface area contributed by atoms with E-state index >= 15 is 0 Å². The van der Waals surface area contributed by atoms with E-state index in [-0.39, 0.29) is 0 Å². The maximum Gasteiger partial charge on any atom is 0.0556 e. The van der Waals surface area contributed by atoms with Gasteiger partial charge in [-0.2, -0.15) is 0 Å². The number of anilines is 1. The zero-order valence-corrected chi connectivity index (χ0v) is 12.4. The van der Waals surface area contributed by atoms with Crippen LogP contribution in [-0.2, 0) is 13.6 Å². The molecule has 0 atom stereocenters. The van der Waals surface area contributed by atoms with Gasteiger partial charge < -0.3 is 9.88 Å². The number of hydrogen-bond acceptors (Lipinski definition) is 1. The number of rotatable bonds is 3. The van der Waals surface area contributed by atoms with Crippen molar-refractivity contribution in [3.8, 4) is 0 Å². The Labute approximate surface area is 124 Å². The van der Waals surface area contributed by atoms with Gasteiger partial charge in [-0.05, 0) is 42.8 Å². The van der Waals surface area contributed by atoms with Crippen molar-refractivity contribution in [2.24, 2.45) is 7.05 Å². The van der Waals surface area contributed by atoms with Crippen molar-refractivity contribution in [2.75, 3.05) is 5.32 Å². The van der Waals surface area contributed by atoms with E-state index in [1.54, 1.807) is 0 Å². The Bertz CT molecular complexity index is 703.